The Morgan fingerprint density at radius 3 is 2.59 bits per heavy atom. The Hall–Kier alpha value is -1.02. The first kappa shape index (κ1) is 15.9. The van der Waals surface area contributed by atoms with Crippen LogP contribution in [0.2, 0.25) is 4.34 Å². The Morgan fingerprint density at radius 1 is 1.32 bits per heavy atom. The van der Waals surface area contributed by atoms with Crippen molar-refractivity contribution in [3.8, 4) is 0 Å². The molecule has 0 radical (unpaired) electrons. The number of thiazole rings is 1. The van der Waals surface area contributed by atoms with E-state index in [0.717, 1.165) is 17.8 Å². The van der Waals surface area contributed by atoms with E-state index in [1.807, 2.05) is 0 Å². The maximum absolute atomic E-state index is 12.6. The van der Waals surface area contributed by atoms with Gasteiger partial charge in [0.25, 0.3) is 0 Å². The van der Waals surface area contributed by atoms with Crippen molar-refractivity contribution in [3.63, 3.8) is 0 Å². The number of pyridine rings is 1. The summed E-state index contributed by atoms with van der Waals surface area (Å²) in [7, 11) is -3.46. The Labute approximate surface area is 139 Å². The molecule has 3 rings (SSSR count). The Bertz CT molecular complexity index is 753. The molecule has 1 saturated heterocycles. The number of hydrogen-bond donors (Lipinski definition) is 0. The average molecular weight is 358 g/mol. The summed E-state index contributed by atoms with van der Waals surface area (Å²) in [5.74, 6) is 0. The van der Waals surface area contributed by atoms with Crippen molar-refractivity contribution in [2.45, 2.75) is 30.1 Å². The van der Waals surface area contributed by atoms with Gasteiger partial charge in [-0.2, -0.15) is 4.31 Å². The highest BCUT2D eigenvalue weighted by atomic mass is 35.5. The van der Waals surface area contributed by atoms with E-state index < -0.39 is 10.0 Å². The van der Waals surface area contributed by atoms with Gasteiger partial charge in [0.05, 0.1) is 11.2 Å². The number of halogens is 1. The summed E-state index contributed by atoms with van der Waals surface area (Å²) in [6.45, 7) is 3.08. The lowest BCUT2D eigenvalue weighted by atomic mass is 9.82. The highest BCUT2D eigenvalue weighted by Crippen LogP contribution is 2.39. The molecular weight excluding hydrogens is 342 g/mol. The number of nitrogens with zero attached hydrogens (tertiary/aromatic N) is 3. The van der Waals surface area contributed by atoms with E-state index in [9.17, 15) is 8.42 Å². The van der Waals surface area contributed by atoms with Crippen LogP contribution in [-0.2, 0) is 15.4 Å². The second-order valence-electron chi connectivity index (χ2n) is 5.62. The molecule has 118 valence electrons. The first-order valence-electron chi connectivity index (χ1n) is 6.94. The zero-order chi connectivity index (χ0) is 15.8. The first-order chi connectivity index (χ1) is 10.4. The monoisotopic (exact) mass is 357 g/mol. The zero-order valence-electron chi connectivity index (χ0n) is 12.1. The molecule has 0 N–H and O–H groups in total. The van der Waals surface area contributed by atoms with Gasteiger partial charge in [-0.05, 0) is 25.0 Å². The summed E-state index contributed by atoms with van der Waals surface area (Å²) in [5.41, 5.74) is -0.112. The van der Waals surface area contributed by atoms with E-state index in [1.54, 1.807) is 24.5 Å². The van der Waals surface area contributed by atoms with Gasteiger partial charge in [-0.3, -0.25) is 4.98 Å². The van der Waals surface area contributed by atoms with Gasteiger partial charge >= 0.3 is 0 Å². The largest absolute Gasteiger partial charge is 0.263 e. The predicted octanol–water partition coefficient (Wildman–Crippen LogP) is 2.93. The van der Waals surface area contributed by atoms with Crippen LogP contribution in [0.3, 0.4) is 0 Å². The third-order valence-corrected chi connectivity index (χ3v) is 7.40. The summed E-state index contributed by atoms with van der Waals surface area (Å²) in [6, 6.07) is 3.22. The molecule has 0 atom stereocenters. The number of aromatic nitrogens is 2. The molecule has 1 aliphatic heterocycles. The van der Waals surface area contributed by atoms with Crippen molar-refractivity contribution in [1.82, 2.24) is 14.3 Å². The van der Waals surface area contributed by atoms with Crippen LogP contribution in [0.4, 0.5) is 0 Å². The van der Waals surface area contributed by atoms with Crippen molar-refractivity contribution < 1.29 is 8.42 Å². The third kappa shape index (κ3) is 2.90. The lowest BCUT2D eigenvalue weighted by Gasteiger charge is -2.37. The molecule has 1 fully saturated rings. The van der Waals surface area contributed by atoms with Gasteiger partial charge in [-0.15, -0.1) is 11.3 Å². The molecule has 3 heterocycles. The lowest BCUT2D eigenvalue weighted by molar-refractivity contribution is 0.248. The van der Waals surface area contributed by atoms with E-state index in [0.29, 0.717) is 17.4 Å². The van der Waals surface area contributed by atoms with Crippen molar-refractivity contribution in [2.75, 3.05) is 13.1 Å². The fourth-order valence-electron chi connectivity index (χ4n) is 2.62. The molecule has 0 saturated carbocycles. The van der Waals surface area contributed by atoms with Crippen LogP contribution in [0.25, 0.3) is 0 Å². The second kappa shape index (κ2) is 5.88. The van der Waals surface area contributed by atoms with Gasteiger partial charge in [0, 0.05) is 30.9 Å². The normalized spacial score (nSPS) is 19.2. The van der Waals surface area contributed by atoms with Gasteiger partial charge < -0.3 is 0 Å². The van der Waals surface area contributed by atoms with Crippen LogP contribution < -0.4 is 0 Å². The molecule has 0 bridgehead atoms. The molecule has 1 aliphatic rings. The maximum atomic E-state index is 12.6. The summed E-state index contributed by atoms with van der Waals surface area (Å²) < 4.78 is 27.4. The molecule has 8 heteroatoms. The molecule has 5 nitrogen and oxygen atoms in total. The highest BCUT2D eigenvalue weighted by Gasteiger charge is 2.38. The van der Waals surface area contributed by atoms with E-state index in [4.69, 9.17) is 11.6 Å². The van der Waals surface area contributed by atoms with Gasteiger partial charge in [0.1, 0.15) is 9.23 Å². The molecule has 0 aromatic carbocycles. The molecule has 0 spiro atoms. The smallest absolute Gasteiger partial charge is 0.244 e. The maximum Gasteiger partial charge on any atom is 0.244 e. The number of rotatable bonds is 3. The van der Waals surface area contributed by atoms with Crippen LogP contribution in [0.5, 0.6) is 0 Å². The zero-order valence-corrected chi connectivity index (χ0v) is 14.5. The molecular formula is C14H16ClN3O2S2. The number of piperidine rings is 1. The quantitative estimate of drug-likeness (QED) is 0.847. The van der Waals surface area contributed by atoms with Crippen molar-refractivity contribution >= 4 is 33.0 Å². The van der Waals surface area contributed by atoms with Crippen molar-refractivity contribution in [1.29, 1.82) is 0 Å². The van der Waals surface area contributed by atoms with E-state index in [-0.39, 0.29) is 10.3 Å². The van der Waals surface area contributed by atoms with Gasteiger partial charge in [-0.1, -0.05) is 18.5 Å². The molecule has 2 aromatic heterocycles. The number of sulfonamides is 1. The minimum atomic E-state index is -3.46. The Balaban J connectivity index is 1.77. The third-order valence-electron chi connectivity index (χ3n) is 4.09. The molecule has 0 amide bonds. The fourth-order valence-corrected chi connectivity index (χ4v) is 5.14. The lowest BCUT2D eigenvalue weighted by Crippen LogP contribution is -2.43. The van der Waals surface area contributed by atoms with Crippen LogP contribution in [0, 0.1) is 0 Å². The van der Waals surface area contributed by atoms with Gasteiger partial charge in [-0.25, -0.2) is 13.4 Å². The van der Waals surface area contributed by atoms with Crippen molar-refractivity contribution in [2.24, 2.45) is 0 Å². The fraction of sp³-hybridized carbons (Fsp3) is 0.429. The van der Waals surface area contributed by atoms with Crippen LogP contribution in [0.15, 0.2) is 35.6 Å². The van der Waals surface area contributed by atoms with Crippen LogP contribution >= 0.6 is 22.9 Å². The minimum absolute atomic E-state index is 0.112. The molecule has 0 unspecified atom stereocenters. The minimum Gasteiger partial charge on any atom is -0.263 e. The SMILES string of the molecule is CC1(c2ncc(Cl)s2)CCN(S(=O)(=O)c2cccnc2)CC1. The molecule has 0 aliphatic carbocycles. The molecule has 22 heavy (non-hydrogen) atoms. The van der Waals surface area contributed by atoms with E-state index in [1.165, 1.54) is 21.8 Å². The topological polar surface area (TPSA) is 63.2 Å². The standard InChI is InChI=1S/C14H16ClN3O2S2/c1-14(13-17-10-12(15)21-13)4-7-18(8-5-14)22(19,20)11-3-2-6-16-9-11/h2-3,6,9-10H,4-5,7-8H2,1H3. The highest BCUT2D eigenvalue weighted by molar-refractivity contribution is 7.89. The first-order valence-corrected chi connectivity index (χ1v) is 9.57. The number of hydrogen-bond acceptors (Lipinski definition) is 5. The van der Waals surface area contributed by atoms with E-state index in [2.05, 4.69) is 16.9 Å². The molecule has 2 aromatic rings. The second-order valence-corrected chi connectivity index (χ2v) is 9.22. The van der Waals surface area contributed by atoms with Crippen LogP contribution in [-0.4, -0.2) is 35.8 Å². The van der Waals surface area contributed by atoms with E-state index >= 15 is 0 Å². The summed E-state index contributed by atoms with van der Waals surface area (Å²) >= 11 is 7.44. The van der Waals surface area contributed by atoms with Crippen LogP contribution in [0.1, 0.15) is 24.8 Å². The average Bonchev–Trinajstić information content (AvgIpc) is 2.96. The summed E-state index contributed by atoms with van der Waals surface area (Å²) in [4.78, 5) is 8.51. The Kier molecular flexibility index (Phi) is 4.24. The Morgan fingerprint density at radius 2 is 2.05 bits per heavy atom. The van der Waals surface area contributed by atoms with Gasteiger partial charge in [0.15, 0.2) is 0 Å². The van der Waals surface area contributed by atoms with Crippen molar-refractivity contribution in [3.05, 3.63) is 40.1 Å². The summed E-state index contributed by atoms with van der Waals surface area (Å²) in [6.07, 6.45) is 6.08. The predicted molar refractivity (Wildman–Crippen MR) is 86.7 cm³/mol. The van der Waals surface area contributed by atoms with Gasteiger partial charge in [0.2, 0.25) is 10.0 Å². The summed E-state index contributed by atoms with van der Waals surface area (Å²) in [5, 5.41) is 0.982.